The van der Waals surface area contributed by atoms with Gasteiger partial charge in [-0.3, -0.25) is 4.68 Å². The molecule has 2 unspecified atom stereocenters. The topological polar surface area (TPSA) is 33.1 Å². The molecule has 1 aromatic heterocycles. The maximum absolute atomic E-state index is 4.64. The first-order chi connectivity index (χ1) is 10.0. The third-order valence-electron chi connectivity index (χ3n) is 4.69. The predicted molar refractivity (Wildman–Crippen MR) is 88.7 cm³/mol. The highest BCUT2D eigenvalue weighted by Crippen LogP contribution is 2.22. The second-order valence-electron chi connectivity index (χ2n) is 6.55. The van der Waals surface area contributed by atoms with Gasteiger partial charge < -0.3 is 10.2 Å². The van der Waals surface area contributed by atoms with Crippen molar-refractivity contribution in [3.8, 4) is 0 Å². The maximum atomic E-state index is 4.64. The summed E-state index contributed by atoms with van der Waals surface area (Å²) in [4.78, 5) is 2.60. The zero-order valence-electron chi connectivity index (χ0n) is 14.4. The van der Waals surface area contributed by atoms with Gasteiger partial charge in [0.05, 0.1) is 5.69 Å². The summed E-state index contributed by atoms with van der Waals surface area (Å²) in [6, 6.07) is 0.881. The molecule has 1 aliphatic heterocycles. The van der Waals surface area contributed by atoms with Crippen molar-refractivity contribution < 1.29 is 0 Å². The van der Waals surface area contributed by atoms with E-state index in [-0.39, 0.29) is 0 Å². The number of aromatic nitrogens is 2. The van der Waals surface area contributed by atoms with Crippen molar-refractivity contribution in [2.24, 2.45) is 0 Å². The van der Waals surface area contributed by atoms with E-state index in [9.17, 15) is 0 Å². The molecule has 1 fully saturated rings. The van der Waals surface area contributed by atoms with Gasteiger partial charge in [-0.1, -0.05) is 6.42 Å². The highest BCUT2D eigenvalue weighted by Gasteiger charge is 2.20. The molecule has 0 saturated carbocycles. The molecule has 1 aliphatic rings. The lowest BCUT2D eigenvalue weighted by molar-refractivity contribution is 0.205. The van der Waals surface area contributed by atoms with Crippen LogP contribution in [0.1, 0.15) is 63.0 Å². The van der Waals surface area contributed by atoms with Gasteiger partial charge in [0.1, 0.15) is 0 Å². The van der Waals surface area contributed by atoms with Crippen LogP contribution >= 0.6 is 0 Å². The number of hydrogen-bond acceptors (Lipinski definition) is 3. The Bertz CT molecular complexity index is 446. The highest BCUT2D eigenvalue weighted by atomic mass is 15.3. The van der Waals surface area contributed by atoms with E-state index in [2.05, 4.69) is 54.6 Å². The third-order valence-corrected chi connectivity index (χ3v) is 4.69. The second kappa shape index (κ2) is 7.41. The smallest absolute Gasteiger partial charge is 0.0644 e. The summed E-state index contributed by atoms with van der Waals surface area (Å²) in [7, 11) is 0. The second-order valence-corrected chi connectivity index (χ2v) is 6.55. The Balaban J connectivity index is 1.94. The van der Waals surface area contributed by atoms with E-state index in [0.29, 0.717) is 12.1 Å². The van der Waals surface area contributed by atoms with E-state index in [0.717, 1.165) is 13.1 Å². The predicted octanol–water partition coefficient (Wildman–Crippen LogP) is 3.04. The van der Waals surface area contributed by atoms with Crippen molar-refractivity contribution in [1.29, 1.82) is 0 Å². The number of hydrogen-bond donors (Lipinski definition) is 1. The minimum atomic E-state index is 0.366. The van der Waals surface area contributed by atoms with Crippen LogP contribution < -0.4 is 5.32 Å². The zero-order valence-corrected chi connectivity index (χ0v) is 14.4. The molecule has 2 atom stereocenters. The van der Waals surface area contributed by atoms with Gasteiger partial charge >= 0.3 is 0 Å². The summed E-state index contributed by atoms with van der Waals surface area (Å²) >= 11 is 0. The average molecular weight is 292 g/mol. The Hall–Kier alpha value is -0.870. The van der Waals surface area contributed by atoms with Crippen LogP contribution in [0.5, 0.6) is 0 Å². The fraction of sp³-hybridized carbons (Fsp3) is 0.824. The molecule has 1 aromatic rings. The van der Waals surface area contributed by atoms with Crippen molar-refractivity contribution in [2.75, 3.05) is 19.6 Å². The molecule has 0 aromatic carbocycles. The molecule has 0 amide bonds. The van der Waals surface area contributed by atoms with E-state index < -0.39 is 0 Å². The van der Waals surface area contributed by atoms with Crippen molar-refractivity contribution in [3.63, 3.8) is 0 Å². The van der Waals surface area contributed by atoms with Gasteiger partial charge in [-0.05, 0) is 60.5 Å². The van der Waals surface area contributed by atoms with Crippen LogP contribution in [0.2, 0.25) is 0 Å². The number of piperidine rings is 1. The molecule has 1 N–H and O–H groups in total. The summed E-state index contributed by atoms with van der Waals surface area (Å²) in [5.41, 5.74) is 3.85. The van der Waals surface area contributed by atoms with E-state index in [1.807, 2.05) is 0 Å². The first kappa shape index (κ1) is 16.5. The molecule has 2 rings (SSSR count). The van der Waals surface area contributed by atoms with Crippen molar-refractivity contribution >= 4 is 0 Å². The quantitative estimate of drug-likeness (QED) is 0.875. The fourth-order valence-corrected chi connectivity index (χ4v) is 3.74. The van der Waals surface area contributed by atoms with Crippen LogP contribution in [-0.4, -0.2) is 40.4 Å². The van der Waals surface area contributed by atoms with E-state index >= 15 is 0 Å². The number of nitrogens with zero attached hydrogens (tertiary/aromatic N) is 3. The number of rotatable bonds is 6. The van der Waals surface area contributed by atoms with Gasteiger partial charge in [0, 0.05) is 36.4 Å². The largest absolute Gasteiger partial charge is 0.306 e. The van der Waals surface area contributed by atoms with Crippen molar-refractivity contribution in [3.05, 3.63) is 17.0 Å². The molecule has 21 heavy (non-hydrogen) atoms. The van der Waals surface area contributed by atoms with Crippen molar-refractivity contribution in [1.82, 2.24) is 20.0 Å². The molecule has 4 heteroatoms. The lowest BCUT2D eigenvalue weighted by Gasteiger charge is -2.30. The van der Waals surface area contributed by atoms with Gasteiger partial charge in [-0.2, -0.15) is 5.10 Å². The molecule has 2 heterocycles. The molecule has 0 bridgehead atoms. The molecule has 120 valence electrons. The van der Waals surface area contributed by atoms with Crippen LogP contribution in [0, 0.1) is 13.8 Å². The Morgan fingerprint density at radius 1 is 1.14 bits per heavy atom. The summed E-state index contributed by atoms with van der Waals surface area (Å²) < 4.78 is 2.11. The molecule has 4 nitrogen and oxygen atoms in total. The highest BCUT2D eigenvalue weighted by molar-refractivity contribution is 5.27. The average Bonchev–Trinajstić information content (AvgIpc) is 2.74. The minimum Gasteiger partial charge on any atom is -0.306 e. The molecular weight excluding hydrogens is 260 g/mol. The Morgan fingerprint density at radius 3 is 2.38 bits per heavy atom. The SMILES string of the molecule is CCn1nc(C)c(C(C)NC(C)CN2CCCCC2)c1C. The number of nitrogens with one attached hydrogen (secondary N) is 1. The fourth-order valence-electron chi connectivity index (χ4n) is 3.74. The van der Waals surface area contributed by atoms with Gasteiger partial charge in [0.15, 0.2) is 0 Å². The van der Waals surface area contributed by atoms with Gasteiger partial charge in [0.25, 0.3) is 0 Å². The lowest BCUT2D eigenvalue weighted by Crippen LogP contribution is -2.42. The van der Waals surface area contributed by atoms with Gasteiger partial charge in [-0.15, -0.1) is 0 Å². The maximum Gasteiger partial charge on any atom is 0.0644 e. The third kappa shape index (κ3) is 4.07. The molecule has 0 radical (unpaired) electrons. The summed E-state index contributed by atoms with van der Waals surface area (Å²) in [6.07, 6.45) is 4.14. The van der Waals surface area contributed by atoms with Crippen LogP contribution in [0.3, 0.4) is 0 Å². The zero-order chi connectivity index (χ0) is 15.4. The standard InChI is InChI=1S/C17H32N4/c1-6-21-16(5)17(15(4)19-21)14(3)18-13(2)12-20-10-8-7-9-11-20/h13-14,18H,6-12H2,1-5H3. The van der Waals surface area contributed by atoms with Gasteiger partial charge in [0.2, 0.25) is 0 Å². The van der Waals surface area contributed by atoms with E-state index in [1.54, 1.807) is 0 Å². The number of likely N-dealkylation sites (tertiary alicyclic amines) is 1. The summed E-state index contributed by atoms with van der Waals surface area (Å²) in [6.45, 7) is 15.7. The molecule has 1 saturated heterocycles. The Morgan fingerprint density at radius 2 is 1.81 bits per heavy atom. The minimum absolute atomic E-state index is 0.366. The van der Waals surface area contributed by atoms with Crippen LogP contribution in [0.25, 0.3) is 0 Å². The van der Waals surface area contributed by atoms with E-state index in [4.69, 9.17) is 0 Å². The van der Waals surface area contributed by atoms with Crippen molar-refractivity contribution in [2.45, 2.75) is 72.5 Å². The number of aryl methyl sites for hydroxylation is 2. The molecule has 0 spiro atoms. The van der Waals surface area contributed by atoms with Crippen LogP contribution in [-0.2, 0) is 6.54 Å². The normalized spacial score (nSPS) is 19.7. The molecular formula is C17H32N4. The van der Waals surface area contributed by atoms with Crippen LogP contribution in [0.15, 0.2) is 0 Å². The van der Waals surface area contributed by atoms with E-state index in [1.165, 1.54) is 49.3 Å². The first-order valence-corrected chi connectivity index (χ1v) is 8.55. The van der Waals surface area contributed by atoms with Crippen LogP contribution in [0.4, 0.5) is 0 Å². The molecule has 0 aliphatic carbocycles. The van der Waals surface area contributed by atoms with Gasteiger partial charge in [-0.25, -0.2) is 0 Å². The monoisotopic (exact) mass is 292 g/mol. The summed E-state index contributed by atoms with van der Waals surface area (Å²) in [5, 5.41) is 8.41. The lowest BCUT2D eigenvalue weighted by atomic mass is 10.0. The Kier molecular flexibility index (Phi) is 5.82. The first-order valence-electron chi connectivity index (χ1n) is 8.55. The Labute approximate surface area is 129 Å². The summed E-state index contributed by atoms with van der Waals surface area (Å²) in [5.74, 6) is 0.